The summed E-state index contributed by atoms with van der Waals surface area (Å²) in [5, 5.41) is 12.9. The van der Waals surface area contributed by atoms with Gasteiger partial charge in [-0.1, -0.05) is 6.92 Å². The Morgan fingerprint density at radius 1 is 1.36 bits per heavy atom. The van der Waals surface area contributed by atoms with Crippen molar-refractivity contribution >= 4 is 0 Å². The van der Waals surface area contributed by atoms with Gasteiger partial charge in [-0.05, 0) is 31.7 Å². The minimum Gasteiger partial charge on any atom is -0.394 e. The first-order chi connectivity index (χ1) is 6.77. The van der Waals surface area contributed by atoms with Crippen LogP contribution in [-0.2, 0) is 0 Å². The number of rotatable bonds is 2. The van der Waals surface area contributed by atoms with Crippen LogP contribution in [0.5, 0.6) is 0 Å². The summed E-state index contributed by atoms with van der Waals surface area (Å²) in [6.07, 6.45) is 3.59. The fourth-order valence-corrected chi connectivity index (χ4v) is 3.04. The zero-order chi connectivity index (χ0) is 10.0. The molecule has 0 aromatic rings. The minimum absolute atomic E-state index is 0.144. The van der Waals surface area contributed by atoms with E-state index in [1.165, 1.54) is 19.3 Å². The van der Waals surface area contributed by atoms with Crippen molar-refractivity contribution in [1.29, 1.82) is 0 Å². The molecule has 3 heteroatoms. The molecule has 3 nitrogen and oxygen atoms in total. The third-order valence-corrected chi connectivity index (χ3v) is 3.76. The Morgan fingerprint density at radius 3 is 2.79 bits per heavy atom. The third kappa shape index (κ3) is 1.81. The smallest absolute Gasteiger partial charge is 0.0615 e. The molecule has 0 atom stereocenters. The molecule has 0 amide bonds. The van der Waals surface area contributed by atoms with Crippen LogP contribution in [0.2, 0.25) is 0 Å². The quantitative estimate of drug-likeness (QED) is 0.676. The zero-order valence-corrected chi connectivity index (χ0v) is 9.13. The van der Waals surface area contributed by atoms with Crippen LogP contribution in [0.3, 0.4) is 0 Å². The Hall–Kier alpha value is -0.120. The van der Waals surface area contributed by atoms with E-state index in [1.807, 2.05) is 0 Å². The molecular weight excluding hydrogens is 176 g/mol. The van der Waals surface area contributed by atoms with Crippen molar-refractivity contribution in [2.75, 3.05) is 32.8 Å². The molecule has 2 rings (SSSR count). The maximum Gasteiger partial charge on any atom is 0.0615 e. The number of aliphatic hydroxyl groups is 1. The van der Waals surface area contributed by atoms with Crippen molar-refractivity contribution in [2.24, 2.45) is 5.92 Å². The minimum atomic E-state index is 0.144. The summed E-state index contributed by atoms with van der Waals surface area (Å²) in [5.74, 6) is 0.804. The molecule has 0 aromatic heterocycles. The van der Waals surface area contributed by atoms with Gasteiger partial charge in [-0.2, -0.15) is 0 Å². The summed E-state index contributed by atoms with van der Waals surface area (Å²) in [6.45, 7) is 7.10. The van der Waals surface area contributed by atoms with Crippen LogP contribution in [0.15, 0.2) is 0 Å². The Bertz CT molecular complexity index is 182. The molecule has 0 bridgehead atoms. The van der Waals surface area contributed by atoms with Crippen molar-refractivity contribution < 1.29 is 5.11 Å². The number of aliphatic hydroxyl groups excluding tert-OH is 1. The van der Waals surface area contributed by atoms with Crippen LogP contribution < -0.4 is 5.32 Å². The van der Waals surface area contributed by atoms with Gasteiger partial charge >= 0.3 is 0 Å². The molecule has 14 heavy (non-hydrogen) atoms. The molecule has 1 saturated heterocycles. The van der Waals surface area contributed by atoms with Crippen LogP contribution in [0.4, 0.5) is 0 Å². The highest BCUT2D eigenvalue weighted by Crippen LogP contribution is 2.41. The fraction of sp³-hybridized carbons (Fsp3) is 1.00. The molecule has 0 radical (unpaired) electrons. The van der Waals surface area contributed by atoms with Gasteiger partial charge in [0.15, 0.2) is 0 Å². The van der Waals surface area contributed by atoms with Crippen LogP contribution >= 0.6 is 0 Å². The van der Waals surface area contributed by atoms with E-state index in [1.54, 1.807) is 0 Å². The molecule has 2 fully saturated rings. The molecule has 1 heterocycles. The molecule has 1 aliphatic carbocycles. The number of hydrogen-bond acceptors (Lipinski definition) is 3. The van der Waals surface area contributed by atoms with Gasteiger partial charge in [0, 0.05) is 25.2 Å². The normalized spacial score (nSPS) is 40.3. The van der Waals surface area contributed by atoms with E-state index in [9.17, 15) is 5.11 Å². The largest absolute Gasteiger partial charge is 0.394 e. The maximum atomic E-state index is 9.54. The first kappa shape index (κ1) is 10.4. The molecule has 2 aliphatic rings. The van der Waals surface area contributed by atoms with Crippen LogP contribution in [0, 0.1) is 5.92 Å². The van der Waals surface area contributed by atoms with Crippen molar-refractivity contribution in [3.05, 3.63) is 0 Å². The highest BCUT2D eigenvalue weighted by molar-refractivity contribution is 5.01. The van der Waals surface area contributed by atoms with Crippen molar-refractivity contribution in [3.8, 4) is 0 Å². The second-order valence-electron chi connectivity index (χ2n) is 4.99. The lowest BCUT2D eigenvalue weighted by Gasteiger charge is -2.52. The molecule has 2 N–H and O–H groups in total. The monoisotopic (exact) mass is 198 g/mol. The van der Waals surface area contributed by atoms with Gasteiger partial charge in [0.2, 0.25) is 0 Å². The summed E-state index contributed by atoms with van der Waals surface area (Å²) in [4.78, 5) is 2.51. The highest BCUT2D eigenvalue weighted by Gasteiger charge is 2.45. The molecule has 0 unspecified atom stereocenters. The SMILES string of the molecule is CC1CC(CO)(N2CCCNCC2)C1. The van der Waals surface area contributed by atoms with Crippen LogP contribution in [0.1, 0.15) is 26.2 Å². The van der Waals surface area contributed by atoms with E-state index < -0.39 is 0 Å². The zero-order valence-electron chi connectivity index (χ0n) is 9.13. The highest BCUT2D eigenvalue weighted by atomic mass is 16.3. The second kappa shape index (κ2) is 4.17. The predicted molar refractivity (Wildman–Crippen MR) is 57.3 cm³/mol. The molecule has 0 spiro atoms. The van der Waals surface area contributed by atoms with E-state index in [-0.39, 0.29) is 5.54 Å². The summed E-state index contributed by atoms with van der Waals surface area (Å²) < 4.78 is 0. The summed E-state index contributed by atoms with van der Waals surface area (Å²) in [6, 6.07) is 0. The topological polar surface area (TPSA) is 35.5 Å². The average Bonchev–Trinajstić information content (AvgIpc) is 2.40. The van der Waals surface area contributed by atoms with Gasteiger partial charge in [0.25, 0.3) is 0 Å². The molecule has 1 saturated carbocycles. The number of hydrogen-bond donors (Lipinski definition) is 2. The molecule has 1 aliphatic heterocycles. The number of nitrogens with one attached hydrogen (secondary N) is 1. The Kier molecular flexibility index (Phi) is 3.10. The van der Waals surface area contributed by atoms with Gasteiger partial charge < -0.3 is 10.4 Å². The Labute approximate surface area is 86.5 Å². The van der Waals surface area contributed by atoms with Gasteiger partial charge in [0.1, 0.15) is 0 Å². The van der Waals surface area contributed by atoms with E-state index in [0.29, 0.717) is 6.61 Å². The standard InChI is InChI=1S/C11H22N2O/c1-10-7-11(8-10,9-14)13-5-2-3-12-4-6-13/h10,12,14H,2-9H2,1H3. The fourth-order valence-electron chi connectivity index (χ4n) is 3.04. The maximum absolute atomic E-state index is 9.54. The molecule has 82 valence electrons. The molecule has 0 aromatic carbocycles. The van der Waals surface area contributed by atoms with Gasteiger partial charge in [-0.25, -0.2) is 0 Å². The Morgan fingerprint density at radius 2 is 2.14 bits per heavy atom. The van der Waals surface area contributed by atoms with E-state index >= 15 is 0 Å². The summed E-state index contributed by atoms with van der Waals surface area (Å²) in [7, 11) is 0. The van der Waals surface area contributed by atoms with Crippen LogP contribution in [-0.4, -0.2) is 48.3 Å². The summed E-state index contributed by atoms with van der Waals surface area (Å²) in [5.41, 5.74) is 0.144. The molecular formula is C11H22N2O. The third-order valence-electron chi connectivity index (χ3n) is 3.76. The predicted octanol–water partition coefficient (Wildman–Crippen LogP) is 0.443. The lowest BCUT2D eigenvalue weighted by molar-refractivity contribution is -0.0549. The van der Waals surface area contributed by atoms with Crippen LogP contribution in [0.25, 0.3) is 0 Å². The van der Waals surface area contributed by atoms with Gasteiger partial charge in [0.05, 0.1) is 6.61 Å². The van der Waals surface area contributed by atoms with Gasteiger partial charge in [-0.3, -0.25) is 4.90 Å². The number of nitrogens with zero attached hydrogens (tertiary/aromatic N) is 1. The van der Waals surface area contributed by atoms with E-state index in [0.717, 1.165) is 32.1 Å². The van der Waals surface area contributed by atoms with Crippen molar-refractivity contribution in [3.63, 3.8) is 0 Å². The lowest BCUT2D eigenvalue weighted by Crippen LogP contribution is -2.60. The van der Waals surface area contributed by atoms with Gasteiger partial charge in [-0.15, -0.1) is 0 Å². The van der Waals surface area contributed by atoms with Crippen molar-refractivity contribution in [2.45, 2.75) is 31.7 Å². The average molecular weight is 198 g/mol. The first-order valence-electron chi connectivity index (χ1n) is 5.83. The summed E-state index contributed by atoms with van der Waals surface area (Å²) >= 11 is 0. The van der Waals surface area contributed by atoms with Crippen molar-refractivity contribution in [1.82, 2.24) is 10.2 Å². The Balaban J connectivity index is 1.96. The van der Waals surface area contributed by atoms with E-state index in [2.05, 4.69) is 17.1 Å². The lowest BCUT2D eigenvalue weighted by atomic mass is 9.68. The van der Waals surface area contributed by atoms with E-state index in [4.69, 9.17) is 0 Å². The first-order valence-corrected chi connectivity index (χ1v) is 5.83. The second-order valence-corrected chi connectivity index (χ2v) is 4.99.